The van der Waals surface area contributed by atoms with Crippen molar-refractivity contribution < 1.29 is 4.79 Å². The summed E-state index contributed by atoms with van der Waals surface area (Å²) in [5.74, 6) is 0. The Morgan fingerprint density at radius 1 is 1.10 bits per heavy atom. The van der Waals surface area contributed by atoms with Crippen LogP contribution in [0.1, 0.15) is 45.4 Å². The van der Waals surface area contributed by atoms with Gasteiger partial charge in [0, 0.05) is 6.42 Å². The monoisotopic (exact) mass is 152 g/mol. The summed E-state index contributed by atoms with van der Waals surface area (Å²) in [5.41, 5.74) is 0. The van der Waals surface area contributed by atoms with Crippen LogP contribution in [0.2, 0.25) is 0 Å². The molecule has 0 fully saturated rings. The second-order valence-corrected chi connectivity index (χ2v) is 2.37. The van der Waals surface area contributed by atoms with Gasteiger partial charge >= 0.3 is 29.6 Å². The van der Waals surface area contributed by atoms with Gasteiger partial charge in [-0.25, -0.2) is 0 Å². The van der Waals surface area contributed by atoms with E-state index in [4.69, 9.17) is 0 Å². The second kappa shape index (κ2) is 12.4. The van der Waals surface area contributed by atoms with Crippen molar-refractivity contribution in [3.63, 3.8) is 0 Å². The minimum atomic E-state index is 0. The molecule has 2 heteroatoms. The molecule has 0 saturated heterocycles. The maximum absolute atomic E-state index is 9.84. The Hall–Kier alpha value is 0.670. The minimum absolute atomic E-state index is 0. The van der Waals surface area contributed by atoms with E-state index in [1.54, 1.807) is 0 Å². The first-order valence-corrected chi connectivity index (χ1v) is 3.85. The topological polar surface area (TPSA) is 17.1 Å². The van der Waals surface area contributed by atoms with E-state index < -0.39 is 0 Å². The van der Waals surface area contributed by atoms with Crippen LogP contribution in [0, 0.1) is 0 Å². The molecule has 0 unspecified atom stereocenters. The second-order valence-electron chi connectivity index (χ2n) is 2.37. The van der Waals surface area contributed by atoms with Gasteiger partial charge in [0.05, 0.1) is 0 Å². The number of aldehydes is 1. The predicted molar refractivity (Wildman–Crippen MR) is 46.6 cm³/mol. The predicted octanol–water partition coefficient (Wildman–Crippen LogP) is 1.90. The van der Waals surface area contributed by atoms with E-state index in [0.717, 1.165) is 19.1 Å². The van der Waals surface area contributed by atoms with E-state index in [2.05, 4.69) is 6.92 Å². The molecule has 0 aliphatic rings. The Balaban J connectivity index is 0. The molecule has 0 spiro atoms. The Kier molecular flexibility index (Phi) is 16.4. The first-order valence-electron chi connectivity index (χ1n) is 3.85. The van der Waals surface area contributed by atoms with Gasteiger partial charge in [0.15, 0.2) is 0 Å². The molecule has 0 aromatic heterocycles. The summed E-state index contributed by atoms with van der Waals surface area (Å²) in [7, 11) is 0. The molecule has 0 heterocycles. The fourth-order valence-corrected chi connectivity index (χ4v) is 0.831. The van der Waals surface area contributed by atoms with Gasteiger partial charge in [0.1, 0.15) is 6.29 Å². The zero-order chi connectivity index (χ0) is 6.95. The first-order chi connectivity index (χ1) is 4.41. The van der Waals surface area contributed by atoms with Crippen molar-refractivity contribution in [1.82, 2.24) is 0 Å². The first kappa shape index (κ1) is 13.3. The molecule has 56 valence electrons. The van der Waals surface area contributed by atoms with Crippen LogP contribution in [-0.4, -0.2) is 35.8 Å². The number of carbonyl (C=O) groups excluding carboxylic acids is 1. The average molecular weight is 152 g/mol. The molecule has 0 aliphatic heterocycles. The third kappa shape index (κ3) is 11.5. The van der Waals surface area contributed by atoms with E-state index in [1.165, 1.54) is 25.7 Å². The fraction of sp³-hybridized carbons (Fsp3) is 0.875. The van der Waals surface area contributed by atoms with E-state index >= 15 is 0 Å². The Labute approximate surface area is 85.9 Å². The summed E-state index contributed by atoms with van der Waals surface area (Å²) >= 11 is 0. The van der Waals surface area contributed by atoms with Crippen molar-refractivity contribution in [2.24, 2.45) is 0 Å². The summed E-state index contributed by atoms with van der Waals surface area (Å²) < 4.78 is 0. The molecule has 0 saturated carbocycles. The van der Waals surface area contributed by atoms with E-state index in [9.17, 15) is 4.79 Å². The van der Waals surface area contributed by atoms with Gasteiger partial charge in [-0.15, -0.1) is 0 Å². The van der Waals surface area contributed by atoms with Crippen LogP contribution in [0.3, 0.4) is 0 Å². The van der Waals surface area contributed by atoms with Crippen LogP contribution in [0.15, 0.2) is 0 Å². The molecule has 0 N–H and O–H groups in total. The van der Waals surface area contributed by atoms with Crippen molar-refractivity contribution in [1.29, 1.82) is 0 Å². The summed E-state index contributed by atoms with van der Waals surface area (Å²) in [5, 5.41) is 0. The molecule has 0 aromatic rings. The number of hydrogen-bond acceptors (Lipinski definition) is 1. The fourth-order valence-electron chi connectivity index (χ4n) is 0.831. The molecule has 0 aliphatic carbocycles. The Morgan fingerprint density at radius 2 is 1.70 bits per heavy atom. The van der Waals surface area contributed by atoms with E-state index in [0.29, 0.717) is 0 Å². The van der Waals surface area contributed by atoms with Crippen LogP contribution in [0.25, 0.3) is 0 Å². The molecule has 1 nitrogen and oxygen atoms in total. The van der Waals surface area contributed by atoms with Crippen molar-refractivity contribution in [2.75, 3.05) is 0 Å². The van der Waals surface area contributed by atoms with Gasteiger partial charge in [-0.1, -0.05) is 32.6 Å². The third-order valence-electron chi connectivity index (χ3n) is 1.43. The Morgan fingerprint density at radius 3 is 2.20 bits per heavy atom. The van der Waals surface area contributed by atoms with E-state index in [-0.39, 0.29) is 29.6 Å². The number of unbranched alkanes of at least 4 members (excludes halogenated alkanes) is 5. The van der Waals surface area contributed by atoms with Crippen LogP contribution in [-0.2, 0) is 4.79 Å². The SMILES string of the molecule is CCCCCCCC=O.[NaH]. The molecule has 0 rings (SSSR count). The van der Waals surface area contributed by atoms with Crippen molar-refractivity contribution in [2.45, 2.75) is 45.4 Å². The van der Waals surface area contributed by atoms with Gasteiger partial charge in [0.2, 0.25) is 0 Å². The van der Waals surface area contributed by atoms with Gasteiger partial charge in [0.25, 0.3) is 0 Å². The van der Waals surface area contributed by atoms with Gasteiger partial charge in [-0.2, -0.15) is 0 Å². The zero-order valence-corrected chi connectivity index (χ0v) is 6.23. The molecule has 10 heavy (non-hydrogen) atoms. The normalized spacial score (nSPS) is 8.50. The number of hydrogen-bond donors (Lipinski definition) is 0. The summed E-state index contributed by atoms with van der Waals surface area (Å²) in [6.45, 7) is 2.19. The van der Waals surface area contributed by atoms with Crippen LogP contribution >= 0.6 is 0 Å². The van der Waals surface area contributed by atoms with Crippen LogP contribution in [0.5, 0.6) is 0 Å². The molecule has 0 aromatic carbocycles. The van der Waals surface area contributed by atoms with Gasteiger partial charge in [-0.05, 0) is 6.42 Å². The maximum atomic E-state index is 9.84. The summed E-state index contributed by atoms with van der Waals surface area (Å²) in [6.07, 6.45) is 7.97. The summed E-state index contributed by atoms with van der Waals surface area (Å²) in [4.78, 5) is 9.84. The Bertz CT molecular complexity index is 64.3. The van der Waals surface area contributed by atoms with Crippen molar-refractivity contribution in [3.8, 4) is 0 Å². The quantitative estimate of drug-likeness (QED) is 0.323. The number of rotatable bonds is 6. The standard InChI is InChI=1S/C8H16O.Na.H/c1-2-3-4-5-6-7-8-9;;/h8H,2-7H2,1H3;;. The molecule has 0 bridgehead atoms. The third-order valence-corrected chi connectivity index (χ3v) is 1.43. The molecular formula is C8H17NaO. The zero-order valence-electron chi connectivity index (χ0n) is 6.23. The van der Waals surface area contributed by atoms with Crippen LogP contribution in [0.4, 0.5) is 0 Å². The molecule has 0 atom stereocenters. The molecular weight excluding hydrogens is 135 g/mol. The van der Waals surface area contributed by atoms with E-state index in [1.807, 2.05) is 0 Å². The van der Waals surface area contributed by atoms with Gasteiger partial charge in [-0.3, -0.25) is 0 Å². The average Bonchev–Trinajstić information content (AvgIpc) is 1.89. The van der Waals surface area contributed by atoms with Crippen LogP contribution < -0.4 is 0 Å². The van der Waals surface area contributed by atoms with Crippen molar-refractivity contribution in [3.05, 3.63) is 0 Å². The molecule has 0 amide bonds. The van der Waals surface area contributed by atoms with Gasteiger partial charge < -0.3 is 4.79 Å². The summed E-state index contributed by atoms with van der Waals surface area (Å²) in [6, 6.07) is 0. The van der Waals surface area contributed by atoms with Crippen molar-refractivity contribution >= 4 is 35.8 Å². The molecule has 0 radical (unpaired) electrons. The number of carbonyl (C=O) groups is 1.